The van der Waals surface area contributed by atoms with E-state index in [2.05, 4.69) is 24.7 Å². The minimum atomic E-state index is -4.25. The van der Waals surface area contributed by atoms with Gasteiger partial charge < -0.3 is 4.74 Å². The molecule has 0 spiro atoms. The topological polar surface area (TPSA) is 27.1 Å². The molecule has 0 saturated carbocycles. The van der Waals surface area contributed by atoms with E-state index in [9.17, 15) is 13.2 Å². The van der Waals surface area contributed by atoms with Crippen LogP contribution in [0.25, 0.3) is 0 Å². The van der Waals surface area contributed by atoms with Crippen LogP contribution in [-0.4, -0.2) is 30.6 Å². The Morgan fingerprint density at radius 3 is 2.45 bits per heavy atom. The summed E-state index contributed by atoms with van der Waals surface area (Å²) >= 11 is 0. The van der Waals surface area contributed by atoms with E-state index in [1.54, 1.807) is 13.8 Å². The Balaban J connectivity index is 2.65. The minimum Gasteiger partial charge on any atom is -0.360 e. The number of hydrogen-bond donors (Lipinski definition) is 0. The van der Waals surface area contributed by atoms with Gasteiger partial charge in [0, 0.05) is 26.4 Å². The van der Waals surface area contributed by atoms with Crippen molar-refractivity contribution in [1.82, 2.24) is 9.78 Å². The first-order valence-electron chi connectivity index (χ1n) is 7.71. The van der Waals surface area contributed by atoms with E-state index >= 15 is 0 Å². The van der Waals surface area contributed by atoms with E-state index < -0.39 is 26.1 Å². The highest BCUT2D eigenvalue weighted by molar-refractivity contribution is 6.76. The standard InChI is InChI=1S/C15H27F3N2OSi/c1-6-12(2)14(15(16,17)18)13-9-19-20(10-13)11-21-7-8-22(3,4)5/h9-10,12,14H,6-8,11H2,1-5H3. The lowest BCUT2D eigenvalue weighted by Crippen LogP contribution is -2.26. The van der Waals surface area contributed by atoms with Gasteiger partial charge in [-0.25, -0.2) is 4.68 Å². The van der Waals surface area contributed by atoms with E-state index in [0.717, 1.165) is 6.04 Å². The first-order valence-corrected chi connectivity index (χ1v) is 11.4. The fourth-order valence-electron chi connectivity index (χ4n) is 2.22. The molecule has 128 valence electrons. The van der Waals surface area contributed by atoms with E-state index in [0.29, 0.717) is 13.0 Å². The number of halogens is 3. The number of rotatable bonds is 8. The van der Waals surface area contributed by atoms with E-state index in [1.165, 1.54) is 17.1 Å². The molecule has 0 bridgehead atoms. The highest BCUT2D eigenvalue weighted by Gasteiger charge is 2.44. The molecule has 0 aliphatic rings. The van der Waals surface area contributed by atoms with Gasteiger partial charge in [0.05, 0.1) is 12.1 Å². The van der Waals surface area contributed by atoms with Crippen LogP contribution in [0.1, 0.15) is 31.7 Å². The molecule has 0 saturated heterocycles. The lowest BCUT2D eigenvalue weighted by atomic mass is 9.87. The molecule has 1 heterocycles. The Hall–Kier alpha value is -0.823. The van der Waals surface area contributed by atoms with Gasteiger partial charge in [0.2, 0.25) is 0 Å². The average molecular weight is 336 g/mol. The van der Waals surface area contributed by atoms with Crippen molar-refractivity contribution in [3.05, 3.63) is 18.0 Å². The summed E-state index contributed by atoms with van der Waals surface area (Å²) in [6, 6.07) is 1.03. The third kappa shape index (κ3) is 6.12. The summed E-state index contributed by atoms with van der Waals surface area (Å²) in [5.74, 6) is -1.93. The molecule has 2 unspecified atom stereocenters. The zero-order valence-electron chi connectivity index (χ0n) is 14.1. The monoisotopic (exact) mass is 336 g/mol. The van der Waals surface area contributed by atoms with Crippen molar-refractivity contribution in [2.45, 2.75) is 64.8 Å². The van der Waals surface area contributed by atoms with Gasteiger partial charge in [-0.1, -0.05) is 39.9 Å². The molecule has 0 aliphatic heterocycles. The van der Waals surface area contributed by atoms with Crippen LogP contribution in [0.4, 0.5) is 13.2 Å². The van der Waals surface area contributed by atoms with Crippen molar-refractivity contribution in [3.8, 4) is 0 Å². The van der Waals surface area contributed by atoms with Gasteiger partial charge in [-0.2, -0.15) is 18.3 Å². The molecular formula is C15H27F3N2OSi. The zero-order valence-corrected chi connectivity index (χ0v) is 15.1. The Bertz CT molecular complexity index is 454. The third-order valence-corrected chi connectivity index (χ3v) is 5.50. The first-order chi connectivity index (χ1) is 10.0. The predicted octanol–water partition coefficient (Wildman–Crippen LogP) is 4.89. The van der Waals surface area contributed by atoms with Crippen molar-refractivity contribution in [2.75, 3.05) is 6.61 Å². The van der Waals surface area contributed by atoms with Gasteiger partial charge in [0.25, 0.3) is 0 Å². The van der Waals surface area contributed by atoms with Crippen LogP contribution in [0.2, 0.25) is 25.7 Å². The summed E-state index contributed by atoms with van der Waals surface area (Å²) in [6.07, 6.45) is -1.00. The molecule has 0 N–H and O–H groups in total. The fraction of sp³-hybridized carbons (Fsp3) is 0.800. The van der Waals surface area contributed by atoms with Crippen molar-refractivity contribution < 1.29 is 17.9 Å². The molecule has 22 heavy (non-hydrogen) atoms. The third-order valence-electron chi connectivity index (χ3n) is 3.80. The van der Waals surface area contributed by atoms with E-state index in [-0.39, 0.29) is 12.3 Å². The maximum atomic E-state index is 13.2. The minimum absolute atomic E-state index is 0.204. The molecule has 1 rings (SSSR count). The highest BCUT2D eigenvalue weighted by Crippen LogP contribution is 2.41. The number of aromatic nitrogens is 2. The van der Waals surface area contributed by atoms with Crippen LogP contribution in [0.15, 0.2) is 12.4 Å². The Morgan fingerprint density at radius 2 is 1.95 bits per heavy atom. The number of hydrogen-bond acceptors (Lipinski definition) is 2. The molecule has 2 atom stereocenters. The quantitative estimate of drug-likeness (QED) is 0.499. The molecule has 0 radical (unpaired) electrons. The van der Waals surface area contributed by atoms with Gasteiger partial charge in [0.1, 0.15) is 6.73 Å². The lowest BCUT2D eigenvalue weighted by molar-refractivity contribution is -0.161. The second kappa shape index (κ2) is 7.63. The summed E-state index contributed by atoms with van der Waals surface area (Å²) in [4.78, 5) is 0. The molecule has 3 nitrogen and oxygen atoms in total. The largest absolute Gasteiger partial charge is 0.396 e. The van der Waals surface area contributed by atoms with Gasteiger partial charge in [0.15, 0.2) is 0 Å². The van der Waals surface area contributed by atoms with Crippen LogP contribution in [0.3, 0.4) is 0 Å². The van der Waals surface area contributed by atoms with Gasteiger partial charge in [-0.15, -0.1) is 0 Å². The molecular weight excluding hydrogens is 309 g/mol. The average Bonchev–Trinajstić information content (AvgIpc) is 2.80. The zero-order chi connectivity index (χ0) is 17.0. The summed E-state index contributed by atoms with van der Waals surface area (Å²) in [6.45, 7) is 11.0. The van der Waals surface area contributed by atoms with Crippen LogP contribution in [0, 0.1) is 5.92 Å². The van der Waals surface area contributed by atoms with Crippen molar-refractivity contribution >= 4 is 8.07 Å². The molecule has 0 fully saturated rings. The van der Waals surface area contributed by atoms with E-state index in [4.69, 9.17) is 4.74 Å². The molecule has 1 aromatic heterocycles. The van der Waals surface area contributed by atoms with Crippen LogP contribution in [0.5, 0.6) is 0 Å². The normalized spacial score (nSPS) is 15.8. The number of ether oxygens (including phenoxy) is 1. The predicted molar refractivity (Wildman–Crippen MR) is 84.6 cm³/mol. The number of alkyl halides is 3. The van der Waals surface area contributed by atoms with Gasteiger partial charge in [-0.05, 0) is 12.0 Å². The highest BCUT2D eigenvalue weighted by atomic mass is 28.3. The fourth-order valence-corrected chi connectivity index (χ4v) is 2.98. The van der Waals surface area contributed by atoms with Crippen molar-refractivity contribution in [3.63, 3.8) is 0 Å². The van der Waals surface area contributed by atoms with Crippen LogP contribution < -0.4 is 0 Å². The van der Waals surface area contributed by atoms with Gasteiger partial charge in [-0.3, -0.25) is 0 Å². The Labute approximate surface area is 131 Å². The summed E-state index contributed by atoms with van der Waals surface area (Å²) in [5, 5.41) is 4.00. The molecule has 7 heteroatoms. The second-order valence-corrected chi connectivity index (χ2v) is 12.7. The molecule has 0 amide bonds. The Kier molecular flexibility index (Phi) is 6.67. The lowest BCUT2D eigenvalue weighted by Gasteiger charge is -2.24. The van der Waals surface area contributed by atoms with Crippen LogP contribution in [-0.2, 0) is 11.5 Å². The smallest absolute Gasteiger partial charge is 0.360 e. The first kappa shape index (κ1) is 19.2. The van der Waals surface area contributed by atoms with Crippen LogP contribution >= 0.6 is 0 Å². The summed E-state index contributed by atoms with van der Waals surface area (Å²) in [5.41, 5.74) is 0.218. The molecule has 0 aliphatic carbocycles. The van der Waals surface area contributed by atoms with Crippen molar-refractivity contribution in [1.29, 1.82) is 0 Å². The Morgan fingerprint density at radius 1 is 1.32 bits per heavy atom. The van der Waals surface area contributed by atoms with Gasteiger partial charge >= 0.3 is 6.18 Å². The molecule has 0 aromatic carbocycles. The number of nitrogens with zero attached hydrogens (tertiary/aromatic N) is 2. The maximum absolute atomic E-state index is 13.2. The SMILES string of the molecule is CCC(C)C(c1cnn(COCC[Si](C)(C)C)c1)C(F)(F)F. The molecule has 1 aromatic rings. The van der Waals surface area contributed by atoms with E-state index in [1.807, 2.05) is 0 Å². The second-order valence-electron chi connectivity index (χ2n) is 7.07. The summed E-state index contributed by atoms with van der Waals surface area (Å²) in [7, 11) is -1.16. The maximum Gasteiger partial charge on any atom is 0.396 e. The van der Waals surface area contributed by atoms with Crippen molar-refractivity contribution in [2.24, 2.45) is 5.92 Å². The summed E-state index contributed by atoms with van der Waals surface area (Å²) < 4.78 is 46.6.